The van der Waals surface area contributed by atoms with Crippen LogP contribution in [0.2, 0.25) is 0 Å². The molecule has 1 aromatic rings. The number of thioether (sulfide) groups is 1. The maximum atomic E-state index is 12.1. The molecular formula is C16H21N3O3S2. The van der Waals surface area contributed by atoms with E-state index in [-0.39, 0.29) is 11.7 Å². The number of para-hydroxylation sites is 1. The quantitative estimate of drug-likeness (QED) is 0.642. The molecule has 1 aliphatic heterocycles. The lowest BCUT2D eigenvalue weighted by Crippen LogP contribution is -2.46. The van der Waals surface area contributed by atoms with Crippen LogP contribution in [-0.4, -0.2) is 72.1 Å². The van der Waals surface area contributed by atoms with Gasteiger partial charge < -0.3 is 19.9 Å². The van der Waals surface area contributed by atoms with Crippen molar-refractivity contribution in [3.8, 4) is 0 Å². The number of amides is 1. The number of likely N-dealkylation sites (N-methyl/N-ethyl adjacent to an activating group) is 1. The van der Waals surface area contributed by atoms with E-state index in [1.54, 1.807) is 24.3 Å². The molecule has 1 fully saturated rings. The van der Waals surface area contributed by atoms with Crippen LogP contribution in [-0.2, 0) is 9.53 Å². The van der Waals surface area contributed by atoms with E-state index in [0.717, 1.165) is 30.5 Å². The molecule has 1 N–H and O–H groups in total. The first-order chi connectivity index (χ1) is 11.5. The molecule has 0 atom stereocenters. The largest absolute Gasteiger partial charge is 0.465 e. The molecule has 0 bridgehead atoms. The third-order valence-corrected chi connectivity index (χ3v) is 5.22. The van der Waals surface area contributed by atoms with Gasteiger partial charge in [-0.1, -0.05) is 36.1 Å². The van der Waals surface area contributed by atoms with Crippen molar-refractivity contribution in [1.82, 2.24) is 9.80 Å². The monoisotopic (exact) mass is 367 g/mol. The van der Waals surface area contributed by atoms with Gasteiger partial charge in [0.15, 0.2) is 0 Å². The summed E-state index contributed by atoms with van der Waals surface area (Å²) < 4.78 is 5.45. The van der Waals surface area contributed by atoms with Crippen molar-refractivity contribution in [2.75, 3.05) is 51.4 Å². The Kier molecular flexibility index (Phi) is 7.01. The zero-order valence-corrected chi connectivity index (χ0v) is 15.4. The summed E-state index contributed by atoms with van der Waals surface area (Å²) >= 11 is 6.74. The minimum absolute atomic E-state index is 0.201. The predicted octanol–water partition coefficient (Wildman–Crippen LogP) is 1.68. The number of rotatable bonds is 4. The van der Waals surface area contributed by atoms with Crippen molar-refractivity contribution in [3.05, 3.63) is 29.8 Å². The van der Waals surface area contributed by atoms with E-state index >= 15 is 0 Å². The fourth-order valence-corrected chi connectivity index (χ4v) is 3.33. The lowest BCUT2D eigenvalue weighted by atomic mass is 10.2. The van der Waals surface area contributed by atoms with E-state index < -0.39 is 5.97 Å². The van der Waals surface area contributed by atoms with Gasteiger partial charge in [-0.3, -0.25) is 4.79 Å². The molecule has 1 saturated heterocycles. The fourth-order valence-electron chi connectivity index (χ4n) is 2.27. The van der Waals surface area contributed by atoms with Crippen LogP contribution in [0.5, 0.6) is 0 Å². The highest BCUT2D eigenvalue weighted by Gasteiger charge is 2.18. The first kappa shape index (κ1) is 18.7. The van der Waals surface area contributed by atoms with Crippen molar-refractivity contribution in [3.63, 3.8) is 0 Å². The number of piperazine rings is 1. The summed E-state index contributed by atoms with van der Waals surface area (Å²) in [4.78, 5) is 28.2. The van der Waals surface area contributed by atoms with Gasteiger partial charge in [0.1, 0.15) is 4.32 Å². The minimum Gasteiger partial charge on any atom is -0.465 e. The SMILES string of the molecule is COC(=O)c1ccccc1NC(=O)CSC(=S)N1CCN(C)CC1. The number of ether oxygens (including phenoxy) is 1. The summed E-state index contributed by atoms with van der Waals surface area (Å²) in [6.45, 7) is 3.71. The van der Waals surface area contributed by atoms with Crippen LogP contribution in [0.3, 0.4) is 0 Å². The number of nitrogens with zero attached hydrogens (tertiary/aromatic N) is 2. The zero-order valence-electron chi connectivity index (χ0n) is 13.8. The summed E-state index contributed by atoms with van der Waals surface area (Å²) in [6.07, 6.45) is 0. The third kappa shape index (κ3) is 5.19. The van der Waals surface area contributed by atoms with Crippen molar-refractivity contribution < 1.29 is 14.3 Å². The van der Waals surface area contributed by atoms with Crippen LogP contribution in [0.4, 0.5) is 5.69 Å². The number of benzene rings is 1. The summed E-state index contributed by atoms with van der Waals surface area (Å²) in [5.74, 6) is -0.472. The second kappa shape index (κ2) is 9.00. The lowest BCUT2D eigenvalue weighted by Gasteiger charge is -2.33. The van der Waals surface area contributed by atoms with E-state index in [0.29, 0.717) is 11.3 Å². The standard InChI is InChI=1S/C16H21N3O3S2/c1-18-7-9-19(10-8-18)16(23)24-11-14(20)17-13-6-4-3-5-12(13)15(21)22-2/h3-6H,7-11H2,1-2H3,(H,17,20). The first-order valence-electron chi connectivity index (χ1n) is 7.58. The third-order valence-electron chi connectivity index (χ3n) is 3.69. The molecule has 1 heterocycles. The Morgan fingerprint density at radius 1 is 1.25 bits per heavy atom. The van der Waals surface area contributed by atoms with Gasteiger partial charge in [-0.25, -0.2) is 4.79 Å². The molecule has 1 aliphatic rings. The van der Waals surface area contributed by atoms with E-state index in [2.05, 4.69) is 22.2 Å². The molecule has 130 valence electrons. The van der Waals surface area contributed by atoms with Crippen LogP contribution >= 0.6 is 24.0 Å². The Morgan fingerprint density at radius 2 is 1.92 bits per heavy atom. The molecule has 0 radical (unpaired) electrons. The van der Waals surface area contributed by atoms with Crippen molar-refractivity contribution >= 4 is 45.9 Å². The number of hydrogen-bond donors (Lipinski definition) is 1. The second-order valence-corrected chi connectivity index (χ2v) is 7.04. The van der Waals surface area contributed by atoms with Gasteiger partial charge in [0.2, 0.25) is 5.91 Å². The van der Waals surface area contributed by atoms with Gasteiger partial charge >= 0.3 is 5.97 Å². The summed E-state index contributed by atoms with van der Waals surface area (Å²) in [7, 11) is 3.39. The Morgan fingerprint density at radius 3 is 2.58 bits per heavy atom. The highest BCUT2D eigenvalue weighted by molar-refractivity contribution is 8.23. The van der Waals surface area contributed by atoms with Gasteiger partial charge in [-0.2, -0.15) is 0 Å². The van der Waals surface area contributed by atoms with Crippen molar-refractivity contribution in [2.45, 2.75) is 0 Å². The highest BCUT2D eigenvalue weighted by atomic mass is 32.2. The molecule has 24 heavy (non-hydrogen) atoms. The smallest absolute Gasteiger partial charge is 0.339 e. The van der Waals surface area contributed by atoms with E-state index in [1.807, 2.05) is 0 Å². The molecule has 0 aromatic heterocycles. The Labute approximate surface area is 151 Å². The molecule has 6 nitrogen and oxygen atoms in total. The Hall–Kier alpha value is -1.64. The molecule has 8 heteroatoms. The highest BCUT2D eigenvalue weighted by Crippen LogP contribution is 2.17. The number of thiocarbonyl (C=S) groups is 1. The second-order valence-electron chi connectivity index (χ2n) is 5.43. The lowest BCUT2D eigenvalue weighted by molar-refractivity contribution is -0.113. The fraction of sp³-hybridized carbons (Fsp3) is 0.438. The molecule has 0 aliphatic carbocycles. The van der Waals surface area contributed by atoms with Crippen molar-refractivity contribution in [2.24, 2.45) is 0 Å². The average Bonchev–Trinajstić information content (AvgIpc) is 2.60. The molecule has 0 saturated carbocycles. The molecule has 1 amide bonds. The summed E-state index contributed by atoms with van der Waals surface area (Å²) in [5, 5.41) is 2.74. The Bertz CT molecular complexity index is 616. The maximum Gasteiger partial charge on any atom is 0.339 e. The molecule has 1 aromatic carbocycles. The van der Waals surface area contributed by atoms with Gasteiger partial charge in [0, 0.05) is 26.2 Å². The predicted molar refractivity (Wildman–Crippen MR) is 101 cm³/mol. The topological polar surface area (TPSA) is 61.9 Å². The van der Waals surface area contributed by atoms with Gasteiger partial charge in [-0.05, 0) is 19.2 Å². The van der Waals surface area contributed by atoms with Crippen LogP contribution in [0.1, 0.15) is 10.4 Å². The molecule has 2 rings (SSSR count). The van der Waals surface area contributed by atoms with Gasteiger partial charge in [0.25, 0.3) is 0 Å². The number of carbonyl (C=O) groups is 2. The first-order valence-corrected chi connectivity index (χ1v) is 8.98. The normalized spacial score (nSPS) is 15.0. The van der Waals surface area contributed by atoms with Crippen LogP contribution in [0.25, 0.3) is 0 Å². The van der Waals surface area contributed by atoms with Crippen LogP contribution in [0.15, 0.2) is 24.3 Å². The number of hydrogen-bond acceptors (Lipinski definition) is 6. The zero-order chi connectivity index (χ0) is 17.5. The summed E-state index contributed by atoms with van der Waals surface area (Å²) in [5.41, 5.74) is 0.778. The molecule has 0 unspecified atom stereocenters. The summed E-state index contributed by atoms with van der Waals surface area (Å²) in [6, 6.07) is 6.76. The molecular weight excluding hydrogens is 346 g/mol. The minimum atomic E-state index is -0.480. The van der Waals surface area contributed by atoms with E-state index in [4.69, 9.17) is 17.0 Å². The van der Waals surface area contributed by atoms with Gasteiger partial charge in [0.05, 0.1) is 24.1 Å². The van der Waals surface area contributed by atoms with Crippen LogP contribution < -0.4 is 5.32 Å². The van der Waals surface area contributed by atoms with Gasteiger partial charge in [-0.15, -0.1) is 0 Å². The number of methoxy groups -OCH3 is 1. The van der Waals surface area contributed by atoms with E-state index in [9.17, 15) is 9.59 Å². The number of esters is 1. The molecule has 0 spiro atoms. The number of carbonyl (C=O) groups excluding carboxylic acids is 2. The van der Waals surface area contributed by atoms with Crippen LogP contribution in [0, 0.1) is 0 Å². The number of nitrogens with one attached hydrogen (secondary N) is 1. The van der Waals surface area contributed by atoms with E-state index in [1.165, 1.54) is 18.9 Å². The Balaban J connectivity index is 1.85. The number of anilines is 1. The average molecular weight is 367 g/mol. The van der Waals surface area contributed by atoms with Crippen molar-refractivity contribution in [1.29, 1.82) is 0 Å². The maximum absolute atomic E-state index is 12.1.